The molecule has 5 heteroatoms. The van der Waals surface area contributed by atoms with Crippen LogP contribution >= 0.6 is 22.9 Å². The fourth-order valence-electron chi connectivity index (χ4n) is 2.96. The van der Waals surface area contributed by atoms with Gasteiger partial charge in [-0.3, -0.25) is 0 Å². The molecule has 0 fully saturated rings. The Labute approximate surface area is 173 Å². The lowest BCUT2D eigenvalue weighted by atomic mass is 9.98. The molecule has 0 amide bonds. The Morgan fingerprint density at radius 3 is 2.57 bits per heavy atom. The number of hydrogen-bond acceptors (Lipinski definition) is 4. The van der Waals surface area contributed by atoms with E-state index in [0.29, 0.717) is 12.5 Å². The zero-order chi connectivity index (χ0) is 19.7. The normalized spacial score (nSPS) is 11.9. The topological polar surface area (TPSA) is 35.3 Å². The Hall–Kier alpha value is -2.30. The maximum absolute atomic E-state index is 6.01. The third-order valence-corrected chi connectivity index (χ3v) is 6.10. The molecule has 0 unspecified atom stereocenters. The molecule has 2 aromatic carbocycles. The number of thiazole rings is 1. The Morgan fingerprint density at radius 2 is 1.86 bits per heavy atom. The van der Waals surface area contributed by atoms with Gasteiger partial charge in [-0.05, 0) is 35.4 Å². The molecule has 0 aliphatic rings. The molecule has 0 bridgehead atoms. The molecule has 0 saturated heterocycles. The van der Waals surface area contributed by atoms with Gasteiger partial charge < -0.3 is 9.15 Å². The van der Waals surface area contributed by atoms with Crippen LogP contribution in [0.3, 0.4) is 0 Å². The molecule has 3 nitrogen and oxygen atoms in total. The third-order valence-electron chi connectivity index (χ3n) is 4.54. The summed E-state index contributed by atoms with van der Waals surface area (Å²) in [7, 11) is 0. The van der Waals surface area contributed by atoms with Gasteiger partial charge in [0.25, 0.3) is 0 Å². The summed E-state index contributed by atoms with van der Waals surface area (Å²) in [5.41, 5.74) is 3.94. The van der Waals surface area contributed by atoms with Gasteiger partial charge >= 0.3 is 0 Å². The lowest BCUT2D eigenvalue weighted by Gasteiger charge is -2.13. The fraction of sp³-hybridized carbons (Fsp3) is 0.261. The van der Waals surface area contributed by atoms with E-state index in [9.17, 15) is 0 Å². The van der Waals surface area contributed by atoms with Crippen molar-refractivity contribution in [3.63, 3.8) is 0 Å². The van der Waals surface area contributed by atoms with E-state index in [2.05, 4.69) is 26.2 Å². The minimum atomic E-state index is 0.0370. The van der Waals surface area contributed by atoms with Crippen LogP contribution in [0, 0.1) is 0 Å². The van der Waals surface area contributed by atoms with E-state index in [1.807, 2.05) is 48.5 Å². The highest BCUT2D eigenvalue weighted by Gasteiger charge is 2.19. The van der Waals surface area contributed by atoms with Gasteiger partial charge in [0.1, 0.15) is 23.6 Å². The summed E-state index contributed by atoms with van der Waals surface area (Å²) in [5.74, 6) is 2.07. The number of fused-ring (bicyclic) bond motifs is 1. The highest BCUT2D eigenvalue weighted by Crippen LogP contribution is 2.34. The molecule has 144 valence electrons. The summed E-state index contributed by atoms with van der Waals surface area (Å²) in [6.45, 7) is 6.99. The van der Waals surface area contributed by atoms with Gasteiger partial charge in [0.05, 0.1) is 5.01 Å². The monoisotopic (exact) mass is 411 g/mol. The molecular formula is C23H22ClNO2S. The molecule has 0 aliphatic carbocycles. The first-order valence-electron chi connectivity index (χ1n) is 9.19. The SMILES string of the molecule is CC(C)(C)c1nc(-c2cc3cc(OCc4ccccc4CCl)ccc3o2)cs1. The molecule has 0 spiro atoms. The number of ether oxygens (including phenoxy) is 1. The molecular weight excluding hydrogens is 390 g/mol. The first kappa shape index (κ1) is 19.0. The van der Waals surface area contributed by atoms with E-state index in [0.717, 1.165) is 44.3 Å². The molecule has 28 heavy (non-hydrogen) atoms. The van der Waals surface area contributed by atoms with Crippen molar-refractivity contribution < 1.29 is 9.15 Å². The quantitative estimate of drug-likeness (QED) is 0.326. The van der Waals surface area contributed by atoms with Crippen LogP contribution in [0.1, 0.15) is 36.9 Å². The van der Waals surface area contributed by atoms with E-state index in [4.69, 9.17) is 25.7 Å². The van der Waals surface area contributed by atoms with Gasteiger partial charge in [0, 0.05) is 22.1 Å². The van der Waals surface area contributed by atoms with Gasteiger partial charge in [-0.1, -0.05) is 45.0 Å². The second kappa shape index (κ2) is 7.61. The Balaban J connectivity index is 1.56. The molecule has 0 radical (unpaired) electrons. The highest BCUT2D eigenvalue weighted by atomic mass is 35.5. The van der Waals surface area contributed by atoms with E-state index < -0.39 is 0 Å². The van der Waals surface area contributed by atoms with Crippen molar-refractivity contribution in [3.05, 3.63) is 70.0 Å². The fourth-order valence-corrected chi connectivity index (χ4v) is 4.12. The summed E-state index contributed by atoms with van der Waals surface area (Å²) < 4.78 is 12.0. The largest absolute Gasteiger partial charge is 0.489 e. The van der Waals surface area contributed by atoms with Crippen molar-refractivity contribution in [2.75, 3.05) is 0 Å². The number of nitrogens with zero attached hydrogens (tertiary/aromatic N) is 1. The van der Waals surface area contributed by atoms with E-state index >= 15 is 0 Å². The summed E-state index contributed by atoms with van der Waals surface area (Å²) in [6, 6.07) is 16.0. The van der Waals surface area contributed by atoms with Crippen LogP contribution in [-0.2, 0) is 17.9 Å². The van der Waals surface area contributed by atoms with E-state index in [-0.39, 0.29) is 5.41 Å². The smallest absolute Gasteiger partial charge is 0.154 e. The minimum absolute atomic E-state index is 0.0370. The highest BCUT2D eigenvalue weighted by molar-refractivity contribution is 7.10. The Kier molecular flexibility index (Phi) is 5.17. The number of furan rings is 1. The molecule has 4 rings (SSSR count). The number of rotatable bonds is 5. The van der Waals surface area contributed by atoms with Crippen LogP contribution in [0.25, 0.3) is 22.4 Å². The first-order chi connectivity index (χ1) is 13.4. The minimum Gasteiger partial charge on any atom is -0.489 e. The van der Waals surface area contributed by atoms with E-state index in [1.54, 1.807) is 11.3 Å². The molecule has 4 aromatic rings. The zero-order valence-electron chi connectivity index (χ0n) is 16.2. The predicted octanol–water partition coefficient (Wildman–Crippen LogP) is 7.17. The van der Waals surface area contributed by atoms with Crippen LogP contribution in [0.2, 0.25) is 0 Å². The average Bonchev–Trinajstić information content (AvgIpc) is 3.32. The maximum atomic E-state index is 6.01. The van der Waals surface area contributed by atoms with Gasteiger partial charge in [-0.2, -0.15) is 0 Å². The molecule has 2 heterocycles. The van der Waals surface area contributed by atoms with Crippen molar-refractivity contribution >= 4 is 33.9 Å². The maximum Gasteiger partial charge on any atom is 0.154 e. The first-order valence-corrected chi connectivity index (χ1v) is 10.6. The van der Waals surface area contributed by atoms with Crippen molar-refractivity contribution in [2.45, 2.75) is 38.7 Å². The average molecular weight is 412 g/mol. The Morgan fingerprint density at radius 1 is 1.07 bits per heavy atom. The van der Waals surface area contributed by atoms with Crippen molar-refractivity contribution in [3.8, 4) is 17.2 Å². The summed E-state index contributed by atoms with van der Waals surface area (Å²) in [6.07, 6.45) is 0. The third kappa shape index (κ3) is 3.94. The van der Waals surface area contributed by atoms with Gasteiger partial charge in [-0.25, -0.2) is 4.98 Å². The zero-order valence-corrected chi connectivity index (χ0v) is 17.7. The second-order valence-electron chi connectivity index (χ2n) is 7.79. The second-order valence-corrected chi connectivity index (χ2v) is 8.91. The number of halogens is 1. The van der Waals surface area contributed by atoms with Crippen molar-refractivity contribution in [1.82, 2.24) is 4.98 Å². The van der Waals surface area contributed by atoms with Crippen LogP contribution in [-0.4, -0.2) is 4.98 Å². The number of benzene rings is 2. The summed E-state index contributed by atoms with van der Waals surface area (Å²) in [5, 5.41) is 4.16. The van der Waals surface area contributed by atoms with Crippen LogP contribution in [0.4, 0.5) is 0 Å². The van der Waals surface area contributed by atoms with E-state index in [1.165, 1.54) is 0 Å². The van der Waals surface area contributed by atoms with Crippen LogP contribution in [0.15, 0.2) is 58.3 Å². The molecule has 0 aliphatic heterocycles. The van der Waals surface area contributed by atoms with Gasteiger partial charge in [0.2, 0.25) is 0 Å². The lowest BCUT2D eigenvalue weighted by Crippen LogP contribution is -2.10. The number of hydrogen-bond donors (Lipinski definition) is 0. The molecule has 0 saturated carbocycles. The predicted molar refractivity (Wildman–Crippen MR) is 116 cm³/mol. The van der Waals surface area contributed by atoms with Crippen molar-refractivity contribution in [1.29, 1.82) is 0 Å². The lowest BCUT2D eigenvalue weighted by molar-refractivity contribution is 0.305. The van der Waals surface area contributed by atoms with Gasteiger partial charge in [-0.15, -0.1) is 22.9 Å². The Bertz CT molecular complexity index is 1110. The van der Waals surface area contributed by atoms with Gasteiger partial charge in [0.15, 0.2) is 5.76 Å². The van der Waals surface area contributed by atoms with Crippen molar-refractivity contribution in [2.24, 2.45) is 0 Å². The van der Waals surface area contributed by atoms with Crippen LogP contribution < -0.4 is 4.74 Å². The standard InChI is InChI=1S/C23H22ClNO2S/c1-23(2,3)22-25-19(14-28-22)21-11-17-10-18(8-9-20(17)27-21)26-13-16-7-5-4-6-15(16)12-24/h4-11,14H,12-13H2,1-3H3. The summed E-state index contributed by atoms with van der Waals surface area (Å²) >= 11 is 7.68. The number of alkyl halides is 1. The molecule has 2 aromatic heterocycles. The molecule has 0 N–H and O–H groups in total. The molecule has 0 atom stereocenters. The number of aromatic nitrogens is 1. The van der Waals surface area contributed by atoms with Crippen LogP contribution in [0.5, 0.6) is 5.75 Å². The summed E-state index contributed by atoms with van der Waals surface area (Å²) in [4.78, 5) is 4.75.